The van der Waals surface area contributed by atoms with Gasteiger partial charge in [0.2, 0.25) is 0 Å². The number of aryl methyl sites for hydroxylation is 2. The van der Waals surface area contributed by atoms with Gasteiger partial charge in [-0.05, 0) is 45.2 Å². The number of piperidine rings is 1. The lowest BCUT2D eigenvalue weighted by Crippen LogP contribution is -2.41. The molecule has 4 nitrogen and oxygen atoms in total. The summed E-state index contributed by atoms with van der Waals surface area (Å²) < 4.78 is 0. The van der Waals surface area contributed by atoms with E-state index in [1.807, 2.05) is 13.8 Å². The van der Waals surface area contributed by atoms with Gasteiger partial charge in [-0.3, -0.25) is 4.98 Å². The third kappa shape index (κ3) is 3.95. The summed E-state index contributed by atoms with van der Waals surface area (Å²) in [5, 5.41) is 13.0. The minimum Gasteiger partial charge on any atom is -0.370 e. The lowest BCUT2D eigenvalue weighted by Gasteiger charge is -2.35. The van der Waals surface area contributed by atoms with Crippen LogP contribution in [-0.4, -0.2) is 30.7 Å². The maximum atomic E-state index is 9.43. The summed E-state index contributed by atoms with van der Waals surface area (Å²) in [4.78, 5) is 6.79. The number of aromatic nitrogens is 1. The molecule has 4 heteroatoms. The molecule has 0 radical (unpaired) electrons. The molecule has 1 N–H and O–H groups in total. The fourth-order valence-corrected chi connectivity index (χ4v) is 3.05. The first-order valence-electron chi connectivity index (χ1n) is 7.88. The van der Waals surface area contributed by atoms with Crippen LogP contribution in [0.3, 0.4) is 0 Å². The maximum absolute atomic E-state index is 9.43. The van der Waals surface area contributed by atoms with Crippen molar-refractivity contribution in [2.45, 2.75) is 46.6 Å². The van der Waals surface area contributed by atoms with Crippen LogP contribution in [0.1, 0.15) is 43.6 Å². The molecule has 1 aromatic rings. The van der Waals surface area contributed by atoms with Crippen molar-refractivity contribution in [2.24, 2.45) is 5.92 Å². The van der Waals surface area contributed by atoms with E-state index in [2.05, 4.69) is 41.2 Å². The Bertz CT molecular complexity index is 530. The van der Waals surface area contributed by atoms with Crippen LogP contribution in [0.15, 0.2) is 6.07 Å². The fourth-order valence-electron chi connectivity index (χ4n) is 3.05. The topological polar surface area (TPSA) is 52.0 Å². The monoisotopic (exact) mass is 286 g/mol. The van der Waals surface area contributed by atoms with Gasteiger partial charge in [0, 0.05) is 24.8 Å². The van der Waals surface area contributed by atoms with Crippen LogP contribution in [0.5, 0.6) is 0 Å². The number of nitrogens with one attached hydrogen (secondary N) is 1. The Morgan fingerprint density at radius 1 is 1.48 bits per heavy atom. The molecule has 0 bridgehead atoms. The highest BCUT2D eigenvalue weighted by molar-refractivity contribution is 5.61. The van der Waals surface area contributed by atoms with E-state index in [4.69, 9.17) is 0 Å². The normalized spacial score (nSPS) is 18.9. The highest BCUT2D eigenvalue weighted by Gasteiger charge is 2.23. The van der Waals surface area contributed by atoms with Crippen LogP contribution in [0.4, 0.5) is 5.69 Å². The summed E-state index contributed by atoms with van der Waals surface area (Å²) in [7, 11) is 0. The van der Waals surface area contributed by atoms with Gasteiger partial charge in [-0.25, -0.2) is 0 Å². The molecule has 1 unspecified atom stereocenters. The third-order valence-corrected chi connectivity index (χ3v) is 4.09. The Balaban J connectivity index is 2.16. The van der Waals surface area contributed by atoms with Gasteiger partial charge in [-0.15, -0.1) is 0 Å². The summed E-state index contributed by atoms with van der Waals surface area (Å²) in [6, 6.07) is 4.92. The van der Waals surface area contributed by atoms with Gasteiger partial charge in [-0.2, -0.15) is 5.26 Å². The molecule has 0 saturated carbocycles. The van der Waals surface area contributed by atoms with Gasteiger partial charge in [0.25, 0.3) is 0 Å². The number of pyridine rings is 1. The standard InChI is InChI=1S/C17H26N4/c1-12(2)19-10-15-6-5-7-21(11-15)17-8-13(3)20-14(4)16(17)9-18/h8,12,15,19H,5-7,10-11H2,1-4H3. The molecule has 1 aliphatic heterocycles. The summed E-state index contributed by atoms with van der Waals surface area (Å²) >= 11 is 0. The van der Waals surface area contributed by atoms with E-state index < -0.39 is 0 Å². The van der Waals surface area contributed by atoms with Crippen LogP contribution in [0.2, 0.25) is 0 Å². The lowest BCUT2D eigenvalue weighted by atomic mass is 9.96. The molecule has 1 aromatic heterocycles. The van der Waals surface area contributed by atoms with E-state index in [9.17, 15) is 5.26 Å². The molecule has 1 fully saturated rings. The SMILES string of the molecule is Cc1cc(N2CCCC(CNC(C)C)C2)c(C#N)c(C)n1. The molecule has 0 spiro atoms. The second-order valence-electron chi connectivity index (χ2n) is 6.37. The molecule has 0 aliphatic carbocycles. The van der Waals surface area contributed by atoms with Crippen LogP contribution in [0, 0.1) is 31.1 Å². The number of hydrogen-bond donors (Lipinski definition) is 1. The Labute approximate surface area is 128 Å². The number of nitrogens with zero attached hydrogens (tertiary/aromatic N) is 3. The zero-order valence-electron chi connectivity index (χ0n) is 13.6. The Hall–Kier alpha value is -1.60. The number of nitriles is 1. The van der Waals surface area contributed by atoms with Crippen LogP contribution < -0.4 is 10.2 Å². The van der Waals surface area contributed by atoms with Gasteiger partial charge < -0.3 is 10.2 Å². The van der Waals surface area contributed by atoms with E-state index in [1.54, 1.807) is 0 Å². The van der Waals surface area contributed by atoms with Crippen molar-refractivity contribution in [3.05, 3.63) is 23.0 Å². The van der Waals surface area contributed by atoms with Gasteiger partial charge in [-0.1, -0.05) is 13.8 Å². The third-order valence-electron chi connectivity index (χ3n) is 4.09. The van der Waals surface area contributed by atoms with Crippen molar-refractivity contribution < 1.29 is 0 Å². The van der Waals surface area contributed by atoms with Crippen molar-refractivity contribution in [3.8, 4) is 6.07 Å². The number of hydrogen-bond acceptors (Lipinski definition) is 4. The summed E-state index contributed by atoms with van der Waals surface area (Å²) in [5.74, 6) is 0.654. The summed E-state index contributed by atoms with van der Waals surface area (Å²) in [6.07, 6.45) is 2.46. The van der Waals surface area contributed by atoms with Crippen molar-refractivity contribution >= 4 is 5.69 Å². The zero-order chi connectivity index (χ0) is 15.4. The molecular formula is C17H26N4. The van der Waals surface area contributed by atoms with Gasteiger partial charge in [0.15, 0.2) is 0 Å². The maximum Gasteiger partial charge on any atom is 0.103 e. The molecule has 0 aromatic carbocycles. The van der Waals surface area contributed by atoms with E-state index in [0.717, 1.165) is 42.3 Å². The summed E-state index contributed by atoms with van der Waals surface area (Å²) in [5.41, 5.74) is 3.63. The number of rotatable bonds is 4. The second kappa shape index (κ2) is 6.91. The average Bonchev–Trinajstić information content (AvgIpc) is 2.44. The molecule has 1 saturated heterocycles. The molecule has 21 heavy (non-hydrogen) atoms. The minimum atomic E-state index is 0.528. The van der Waals surface area contributed by atoms with E-state index in [1.165, 1.54) is 12.8 Å². The van der Waals surface area contributed by atoms with Gasteiger partial charge in [0.05, 0.1) is 16.9 Å². The first-order valence-corrected chi connectivity index (χ1v) is 7.88. The first kappa shape index (κ1) is 15.8. The first-order chi connectivity index (χ1) is 10.0. The van der Waals surface area contributed by atoms with Gasteiger partial charge >= 0.3 is 0 Å². The molecule has 1 aliphatic rings. The second-order valence-corrected chi connectivity index (χ2v) is 6.37. The average molecular weight is 286 g/mol. The smallest absolute Gasteiger partial charge is 0.103 e. The molecule has 114 valence electrons. The van der Waals surface area contributed by atoms with Crippen molar-refractivity contribution in [2.75, 3.05) is 24.5 Å². The fraction of sp³-hybridized carbons (Fsp3) is 0.647. The van der Waals surface area contributed by atoms with Crippen LogP contribution in [0.25, 0.3) is 0 Å². The Morgan fingerprint density at radius 2 is 2.24 bits per heavy atom. The molecule has 1 atom stereocenters. The molecule has 2 rings (SSSR count). The molecule has 0 amide bonds. The highest BCUT2D eigenvalue weighted by atomic mass is 15.1. The van der Waals surface area contributed by atoms with E-state index in [-0.39, 0.29) is 0 Å². The molecular weight excluding hydrogens is 260 g/mol. The van der Waals surface area contributed by atoms with E-state index >= 15 is 0 Å². The van der Waals surface area contributed by atoms with E-state index in [0.29, 0.717) is 12.0 Å². The highest BCUT2D eigenvalue weighted by Crippen LogP contribution is 2.28. The van der Waals surface area contributed by atoms with Crippen molar-refractivity contribution in [3.63, 3.8) is 0 Å². The zero-order valence-corrected chi connectivity index (χ0v) is 13.6. The Morgan fingerprint density at radius 3 is 2.90 bits per heavy atom. The number of anilines is 1. The van der Waals surface area contributed by atoms with Crippen LogP contribution in [-0.2, 0) is 0 Å². The van der Waals surface area contributed by atoms with Crippen LogP contribution >= 0.6 is 0 Å². The summed E-state index contributed by atoms with van der Waals surface area (Å²) in [6.45, 7) is 11.4. The predicted molar refractivity (Wildman–Crippen MR) is 86.5 cm³/mol. The minimum absolute atomic E-state index is 0.528. The quantitative estimate of drug-likeness (QED) is 0.924. The Kier molecular flexibility index (Phi) is 5.19. The largest absolute Gasteiger partial charge is 0.370 e. The van der Waals surface area contributed by atoms with Crippen molar-refractivity contribution in [1.29, 1.82) is 5.26 Å². The predicted octanol–water partition coefficient (Wildman–Crippen LogP) is 2.78. The lowest BCUT2D eigenvalue weighted by molar-refractivity contribution is 0.379. The van der Waals surface area contributed by atoms with Crippen molar-refractivity contribution in [1.82, 2.24) is 10.3 Å². The van der Waals surface area contributed by atoms with Gasteiger partial charge in [0.1, 0.15) is 6.07 Å². The molecule has 2 heterocycles.